The van der Waals surface area contributed by atoms with Crippen molar-refractivity contribution in [1.29, 1.82) is 5.26 Å². The smallest absolute Gasteiger partial charge is 0.261 e. The van der Waals surface area contributed by atoms with Crippen LogP contribution >= 0.6 is 34.8 Å². The lowest BCUT2D eigenvalue weighted by Crippen LogP contribution is -2.26. The minimum Gasteiger partial charge on any atom is -0.397 e. The van der Waals surface area contributed by atoms with Crippen LogP contribution in [0.15, 0.2) is 71.9 Å². The lowest BCUT2D eigenvalue weighted by Gasteiger charge is -2.11. The Bertz CT molecular complexity index is 732. The number of carbonyl (C=O) groups is 1. The lowest BCUT2D eigenvalue weighted by atomic mass is 9.64. The molecule has 0 saturated heterocycles. The fourth-order valence-electron chi connectivity index (χ4n) is 1.68. The zero-order valence-electron chi connectivity index (χ0n) is 13.0. The van der Waals surface area contributed by atoms with E-state index in [0.717, 1.165) is 0 Å². The van der Waals surface area contributed by atoms with Crippen molar-refractivity contribution in [3.63, 3.8) is 0 Å². The fraction of sp³-hybridized carbons (Fsp3) is 0.0588. The van der Waals surface area contributed by atoms with E-state index in [9.17, 15) is 4.79 Å². The van der Waals surface area contributed by atoms with Gasteiger partial charge in [0.2, 0.25) is 3.79 Å². The van der Waals surface area contributed by atoms with Gasteiger partial charge < -0.3 is 11.5 Å². The Morgan fingerprint density at radius 2 is 1.32 bits per heavy atom. The number of alkyl halides is 3. The van der Waals surface area contributed by atoms with Gasteiger partial charge in [0.05, 0.1) is 5.70 Å². The van der Waals surface area contributed by atoms with E-state index in [0.29, 0.717) is 0 Å². The summed E-state index contributed by atoms with van der Waals surface area (Å²) in [7, 11) is 2.17. The third-order valence-corrected chi connectivity index (χ3v) is 3.48. The van der Waals surface area contributed by atoms with Crippen molar-refractivity contribution >= 4 is 58.9 Å². The molecule has 1 amide bonds. The van der Waals surface area contributed by atoms with Gasteiger partial charge in [-0.1, -0.05) is 106 Å². The molecule has 0 saturated carbocycles. The van der Waals surface area contributed by atoms with E-state index in [1.807, 2.05) is 12.1 Å². The van der Waals surface area contributed by atoms with Crippen LogP contribution in [0.5, 0.6) is 0 Å². The van der Waals surface area contributed by atoms with Crippen LogP contribution in [-0.4, -0.2) is 17.0 Å². The molecule has 0 heterocycles. The standard InChI is InChI=1S/C12H10B.C5H4Cl3N3O/c1-3-7-11(8-4-1)13-12-9-5-2-6-10-12;6-5(7,8)3(10)2(1-9)4(11)12/h1-10H;10H2,(H2,11,12)/b;3-2-. The zero-order valence-corrected chi connectivity index (χ0v) is 15.3. The van der Waals surface area contributed by atoms with Gasteiger partial charge in [-0.3, -0.25) is 4.79 Å². The van der Waals surface area contributed by atoms with E-state index < -0.39 is 21.0 Å². The Labute approximate surface area is 162 Å². The molecule has 2 aromatic carbocycles. The number of nitrogens with zero attached hydrogens (tertiary/aromatic N) is 1. The minimum atomic E-state index is -1.99. The van der Waals surface area contributed by atoms with Gasteiger partial charge in [0.25, 0.3) is 5.91 Å². The van der Waals surface area contributed by atoms with Crippen LogP contribution in [0.3, 0.4) is 0 Å². The molecule has 1 radical (unpaired) electrons. The first kappa shape index (κ1) is 20.9. The second-order valence-corrected chi connectivity index (χ2v) is 7.01. The molecule has 0 aromatic heterocycles. The first-order valence-electron chi connectivity index (χ1n) is 6.97. The SMILES string of the molecule is N#C/C(C(N)=O)=C(/N)C(Cl)(Cl)Cl.[B](c1ccccc1)c1ccccc1. The summed E-state index contributed by atoms with van der Waals surface area (Å²) in [6, 6.07) is 22.1. The fourth-order valence-corrected chi connectivity index (χ4v) is 1.96. The molecule has 0 atom stereocenters. The molecule has 0 bridgehead atoms. The van der Waals surface area contributed by atoms with Crippen LogP contribution < -0.4 is 22.4 Å². The number of hydrogen-bond donors (Lipinski definition) is 2. The van der Waals surface area contributed by atoms with Crippen LogP contribution in [0.1, 0.15) is 0 Å². The number of carbonyl (C=O) groups excluding carboxylic acids is 1. The van der Waals surface area contributed by atoms with Crippen molar-refractivity contribution in [3.05, 3.63) is 71.9 Å². The molecule has 0 aliphatic rings. The number of allylic oxidation sites excluding steroid dienone is 1. The molecule has 0 aliphatic carbocycles. The average Bonchev–Trinajstić information content (AvgIpc) is 2.57. The van der Waals surface area contributed by atoms with Crippen molar-refractivity contribution < 1.29 is 4.79 Å². The van der Waals surface area contributed by atoms with E-state index in [1.54, 1.807) is 0 Å². The molecular formula is C17H14BCl3N3O. The summed E-state index contributed by atoms with van der Waals surface area (Å²) < 4.78 is -1.99. The van der Waals surface area contributed by atoms with Gasteiger partial charge >= 0.3 is 0 Å². The first-order chi connectivity index (χ1) is 11.8. The van der Waals surface area contributed by atoms with E-state index in [-0.39, 0.29) is 0 Å². The zero-order chi connectivity index (χ0) is 18.9. The lowest BCUT2D eigenvalue weighted by molar-refractivity contribution is -0.114. The summed E-state index contributed by atoms with van der Waals surface area (Å²) >= 11 is 15.9. The maximum Gasteiger partial charge on any atom is 0.261 e. The van der Waals surface area contributed by atoms with Gasteiger partial charge in [-0.2, -0.15) is 5.26 Å². The summed E-state index contributed by atoms with van der Waals surface area (Å²) in [5.41, 5.74) is 11.4. The second-order valence-electron chi connectivity index (χ2n) is 4.73. The number of halogens is 3. The minimum absolute atomic E-state index is 0.470. The highest BCUT2D eigenvalue weighted by atomic mass is 35.6. The van der Waals surface area contributed by atoms with Crippen molar-refractivity contribution in [3.8, 4) is 6.07 Å². The van der Waals surface area contributed by atoms with E-state index in [2.05, 4.69) is 55.8 Å². The van der Waals surface area contributed by atoms with Gasteiger partial charge in [0, 0.05) is 0 Å². The highest BCUT2D eigenvalue weighted by Gasteiger charge is 2.28. The van der Waals surface area contributed by atoms with Crippen LogP contribution in [0, 0.1) is 11.3 Å². The predicted octanol–water partition coefficient (Wildman–Crippen LogP) is 1.92. The summed E-state index contributed by atoms with van der Waals surface area (Å²) in [6.45, 7) is 0. The Kier molecular flexibility index (Phi) is 8.37. The topological polar surface area (TPSA) is 92.9 Å². The predicted molar refractivity (Wildman–Crippen MR) is 104 cm³/mol. The molecule has 4 nitrogen and oxygen atoms in total. The molecule has 25 heavy (non-hydrogen) atoms. The van der Waals surface area contributed by atoms with Gasteiger partial charge in [-0.05, 0) is 0 Å². The number of amides is 1. The molecule has 127 valence electrons. The summed E-state index contributed by atoms with van der Waals surface area (Å²) in [5.74, 6) is -1.03. The average molecular weight is 393 g/mol. The summed E-state index contributed by atoms with van der Waals surface area (Å²) in [6.07, 6.45) is 0. The van der Waals surface area contributed by atoms with Gasteiger partial charge in [0.15, 0.2) is 7.28 Å². The Balaban J connectivity index is 0.000000252. The third kappa shape index (κ3) is 7.53. The molecule has 8 heteroatoms. The molecule has 0 spiro atoms. The largest absolute Gasteiger partial charge is 0.397 e. The normalized spacial score (nSPS) is 11.3. The molecule has 4 N–H and O–H groups in total. The highest BCUT2D eigenvalue weighted by Crippen LogP contribution is 2.32. The molecular weight excluding hydrogens is 379 g/mol. The summed E-state index contributed by atoms with van der Waals surface area (Å²) in [5, 5.41) is 8.37. The van der Waals surface area contributed by atoms with Crippen molar-refractivity contribution in [2.45, 2.75) is 3.79 Å². The molecule has 0 unspecified atom stereocenters. The maximum atomic E-state index is 10.5. The third-order valence-electron chi connectivity index (χ3n) is 2.87. The van der Waals surface area contributed by atoms with E-state index >= 15 is 0 Å². The molecule has 2 rings (SSSR count). The monoisotopic (exact) mass is 392 g/mol. The molecule has 2 aromatic rings. The van der Waals surface area contributed by atoms with Crippen molar-refractivity contribution in [2.24, 2.45) is 11.5 Å². The number of nitrogens with two attached hydrogens (primary N) is 2. The van der Waals surface area contributed by atoms with E-state index in [4.69, 9.17) is 51.5 Å². The number of benzene rings is 2. The molecule has 0 fully saturated rings. The Morgan fingerprint density at radius 1 is 0.920 bits per heavy atom. The summed E-state index contributed by atoms with van der Waals surface area (Å²) in [4.78, 5) is 10.5. The van der Waals surface area contributed by atoms with Crippen molar-refractivity contribution in [1.82, 2.24) is 0 Å². The van der Waals surface area contributed by atoms with Crippen LogP contribution in [0.4, 0.5) is 0 Å². The number of hydrogen-bond acceptors (Lipinski definition) is 3. The van der Waals surface area contributed by atoms with Crippen LogP contribution in [-0.2, 0) is 4.79 Å². The van der Waals surface area contributed by atoms with Gasteiger partial charge in [0.1, 0.15) is 11.6 Å². The second kappa shape index (κ2) is 10.00. The number of rotatable bonds is 3. The first-order valence-corrected chi connectivity index (χ1v) is 8.10. The van der Waals surface area contributed by atoms with Gasteiger partial charge in [-0.15, -0.1) is 0 Å². The van der Waals surface area contributed by atoms with Crippen LogP contribution in [0.25, 0.3) is 0 Å². The maximum absolute atomic E-state index is 10.5. The molecule has 0 aliphatic heterocycles. The van der Waals surface area contributed by atoms with Crippen molar-refractivity contribution in [2.75, 3.05) is 0 Å². The van der Waals surface area contributed by atoms with Crippen LogP contribution in [0.2, 0.25) is 0 Å². The Hall–Kier alpha value is -2.13. The quantitative estimate of drug-likeness (QED) is 0.361. The highest BCUT2D eigenvalue weighted by molar-refractivity contribution is 6.69. The van der Waals surface area contributed by atoms with E-state index in [1.165, 1.54) is 17.0 Å². The number of primary amides is 1. The number of nitriles is 1. The van der Waals surface area contributed by atoms with Gasteiger partial charge in [-0.25, -0.2) is 0 Å². The Morgan fingerprint density at radius 3 is 1.56 bits per heavy atom.